The van der Waals surface area contributed by atoms with Gasteiger partial charge in [-0.25, -0.2) is 0 Å². The summed E-state index contributed by atoms with van der Waals surface area (Å²) in [5, 5.41) is 0. The van der Waals surface area contributed by atoms with E-state index in [2.05, 4.69) is 39.0 Å². The number of ether oxygens (including phenoxy) is 1. The molecule has 0 aromatic heterocycles. The second-order valence-electron chi connectivity index (χ2n) is 5.28. The molecule has 1 heterocycles. The molecule has 0 bridgehead atoms. The second-order valence-corrected chi connectivity index (χ2v) is 5.28. The normalized spacial score (nSPS) is 15.1. The van der Waals surface area contributed by atoms with E-state index in [0.29, 0.717) is 5.41 Å². The van der Waals surface area contributed by atoms with Crippen molar-refractivity contribution in [1.82, 2.24) is 0 Å². The van der Waals surface area contributed by atoms with Gasteiger partial charge in [-0.05, 0) is 29.0 Å². The molecule has 1 aliphatic heterocycles. The predicted molar refractivity (Wildman–Crippen MR) is 58.8 cm³/mol. The molecular weight excluding hydrogens is 172 g/mol. The van der Waals surface area contributed by atoms with Crippen molar-refractivity contribution < 1.29 is 4.74 Å². The molecule has 0 aliphatic carbocycles. The van der Waals surface area contributed by atoms with Crippen LogP contribution in [0.5, 0.6) is 5.75 Å². The van der Waals surface area contributed by atoms with Crippen LogP contribution < -0.4 is 4.74 Å². The minimum Gasteiger partial charge on any atom is -0.493 e. The summed E-state index contributed by atoms with van der Waals surface area (Å²) in [7, 11) is 0. The highest BCUT2D eigenvalue weighted by Gasteiger charge is 2.15. The number of hydrogen-bond donors (Lipinski definition) is 0. The van der Waals surface area contributed by atoms with Gasteiger partial charge in [0.05, 0.1) is 6.61 Å². The zero-order chi connectivity index (χ0) is 10.2. The van der Waals surface area contributed by atoms with E-state index in [4.69, 9.17) is 4.74 Å². The molecule has 0 radical (unpaired) electrons. The van der Waals surface area contributed by atoms with Gasteiger partial charge in [-0.3, -0.25) is 0 Å². The van der Waals surface area contributed by atoms with Crippen LogP contribution >= 0.6 is 0 Å². The summed E-state index contributed by atoms with van der Waals surface area (Å²) in [5.41, 5.74) is 3.10. The molecule has 1 aromatic rings. The number of rotatable bonds is 1. The van der Waals surface area contributed by atoms with E-state index in [-0.39, 0.29) is 0 Å². The molecule has 76 valence electrons. The number of benzene rings is 1. The Labute approximate surface area is 86.1 Å². The Balaban J connectivity index is 2.21. The lowest BCUT2D eigenvalue weighted by atomic mass is 9.88. The van der Waals surface area contributed by atoms with Gasteiger partial charge >= 0.3 is 0 Å². The molecule has 0 fully saturated rings. The maximum Gasteiger partial charge on any atom is 0.122 e. The third-order valence-corrected chi connectivity index (χ3v) is 2.49. The third kappa shape index (κ3) is 2.09. The average molecular weight is 190 g/mol. The molecule has 2 rings (SSSR count). The Hall–Kier alpha value is -0.980. The quantitative estimate of drug-likeness (QED) is 0.660. The van der Waals surface area contributed by atoms with E-state index in [1.54, 1.807) is 0 Å². The lowest BCUT2D eigenvalue weighted by molar-refractivity contribution is 0.355. The molecule has 0 saturated carbocycles. The Kier molecular flexibility index (Phi) is 2.26. The van der Waals surface area contributed by atoms with E-state index in [0.717, 1.165) is 25.2 Å². The van der Waals surface area contributed by atoms with Gasteiger partial charge < -0.3 is 4.74 Å². The highest BCUT2D eigenvalue weighted by Crippen LogP contribution is 2.29. The SMILES string of the molecule is CC(C)(C)Cc1ccc2c(c1)OCC2. The molecule has 0 atom stereocenters. The van der Waals surface area contributed by atoms with Gasteiger partial charge in [0.2, 0.25) is 0 Å². The molecule has 0 saturated heterocycles. The van der Waals surface area contributed by atoms with Gasteiger partial charge in [-0.1, -0.05) is 32.9 Å². The van der Waals surface area contributed by atoms with Crippen LogP contribution in [-0.2, 0) is 12.8 Å². The van der Waals surface area contributed by atoms with Crippen molar-refractivity contribution in [3.05, 3.63) is 29.3 Å². The summed E-state index contributed by atoms with van der Waals surface area (Å²) >= 11 is 0. The summed E-state index contributed by atoms with van der Waals surface area (Å²) in [5.74, 6) is 1.10. The van der Waals surface area contributed by atoms with Crippen molar-refractivity contribution >= 4 is 0 Å². The van der Waals surface area contributed by atoms with Crippen molar-refractivity contribution in [1.29, 1.82) is 0 Å². The van der Waals surface area contributed by atoms with Crippen LogP contribution in [0.3, 0.4) is 0 Å². The van der Waals surface area contributed by atoms with Crippen molar-refractivity contribution in [2.75, 3.05) is 6.61 Å². The topological polar surface area (TPSA) is 9.23 Å². The van der Waals surface area contributed by atoms with E-state index < -0.39 is 0 Å². The minimum atomic E-state index is 0.354. The highest BCUT2D eigenvalue weighted by atomic mass is 16.5. The summed E-state index contributed by atoms with van der Waals surface area (Å²) in [6, 6.07) is 6.65. The molecule has 14 heavy (non-hydrogen) atoms. The largest absolute Gasteiger partial charge is 0.493 e. The fourth-order valence-electron chi connectivity index (χ4n) is 1.93. The fraction of sp³-hybridized carbons (Fsp3) is 0.538. The lowest BCUT2D eigenvalue weighted by Crippen LogP contribution is -2.08. The zero-order valence-electron chi connectivity index (χ0n) is 9.26. The average Bonchev–Trinajstić information content (AvgIpc) is 2.47. The van der Waals surface area contributed by atoms with Crippen molar-refractivity contribution in [2.24, 2.45) is 5.41 Å². The van der Waals surface area contributed by atoms with E-state index in [9.17, 15) is 0 Å². The van der Waals surface area contributed by atoms with Crippen molar-refractivity contribution in [3.8, 4) is 5.75 Å². The van der Waals surface area contributed by atoms with E-state index >= 15 is 0 Å². The molecule has 0 amide bonds. The van der Waals surface area contributed by atoms with Crippen LogP contribution in [-0.4, -0.2) is 6.61 Å². The second kappa shape index (κ2) is 3.30. The molecular formula is C13H18O. The summed E-state index contributed by atoms with van der Waals surface area (Å²) < 4.78 is 5.55. The predicted octanol–water partition coefficient (Wildman–Crippen LogP) is 3.21. The van der Waals surface area contributed by atoms with E-state index in [1.807, 2.05) is 0 Å². The molecule has 1 nitrogen and oxygen atoms in total. The Morgan fingerprint density at radius 1 is 1.29 bits per heavy atom. The van der Waals surface area contributed by atoms with Crippen LogP contribution in [0.15, 0.2) is 18.2 Å². The molecule has 0 N–H and O–H groups in total. The molecule has 1 heteroatoms. The van der Waals surface area contributed by atoms with Gasteiger partial charge in [0.1, 0.15) is 5.75 Å². The highest BCUT2D eigenvalue weighted by molar-refractivity contribution is 5.40. The maximum atomic E-state index is 5.55. The van der Waals surface area contributed by atoms with Crippen LogP contribution in [0.1, 0.15) is 31.9 Å². The first-order chi connectivity index (χ1) is 6.54. The number of hydrogen-bond acceptors (Lipinski definition) is 1. The lowest BCUT2D eigenvalue weighted by Gasteiger charge is -2.18. The smallest absolute Gasteiger partial charge is 0.122 e. The molecule has 1 aliphatic rings. The van der Waals surface area contributed by atoms with Crippen molar-refractivity contribution in [2.45, 2.75) is 33.6 Å². The first-order valence-electron chi connectivity index (χ1n) is 5.29. The monoisotopic (exact) mass is 190 g/mol. The van der Waals surface area contributed by atoms with Gasteiger partial charge in [0, 0.05) is 6.42 Å². The summed E-state index contributed by atoms with van der Waals surface area (Å²) in [6.45, 7) is 7.65. The standard InChI is InChI=1S/C13H18O/c1-13(2,3)9-10-4-5-11-6-7-14-12(11)8-10/h4-5,8H,6-7,9H2,1-3H3. The van der Waals surface area contributed by atoms with Crippen LogP contribution in [0.25, 0.3) is 0 Å². The first kappa shape index (κ1) is 9.57. The Bertz CT molecular complexity index is 334. The molecule has 1 aromatic carbocycles. The van der Waals surface area contributed by atoms with E-state index in [1.165, 1.54) is 11.1 Å². The van der Waals surface area contributed by atoms with Crippen LogP contribution in [0, 0.1) is 5.41 Å². The Morgan fingerprint density at radius 3 is 2.79 bits per heavy atom. The maximum absolute atomic E-state index is 5.55. The Morgan fingerprint density at radius 2 is 2.07 bits per heavy atom. The minimum absolute atomic E-state index is 0.354. The summed E-state index contributed by atoms with van der Waals surface area (Å²) in [6.07, 6.45) is 2.19. The first-order valence-corrected chi connectivity index (χ1v) is 5.29. The van der Waals surface area contributed by atoms with Gasteiger partial charge in [-0.2, -0.15) is 0 Å². The van der Waals surface area contributed by atoms with Crippen LogP contribution in [0.4, 0.5) is 0 Å². The van der Waals surface area contributed by atoms with Gasteiger partial charge in [0.25, 0.3) is 0 Å². The molecule has 0 spiro atoms. The van der Waals surface area contributed by atoms with Gasteiger partial charge in [0.15, 0.2) is 0 Å². The summed E-state index contributed by atoms with van der Waals surface area (Å²) in [4.78, 5) is 0. The fourth-order valence-corrected chi connectivity index (χ4v) is 1.93. The number of fused-ring (bicyclic) bond motifs is 1. The van der Waals surface area contributed by atoms with Crippen molar-refractivity contribution in [3.63, 3.8) is 0 Å². The van der Waals surface area contributed by atoms with Gasteiger partial charge in [-0.15, -0.1) is 0 Å². The zero-order valence-corrected chi connectivity index (χ0v) is 9.26. The van der Waals surface area contributed by atoms with Crippen LogP contribution in [0.2, 0.25) is 0 Å². The third-order valence-electron chi connectivity index (χ3n) is 2.49. The molecule has 0 unspecified atom stereocenters.